The van der Waals surface area contributed by atoms with Gasteiger partial charge in [-0.2, -0.15) is 0 Å². The molecule has 0 aliphatic rings. The van der Waals surface area contributed by atoms with E-state index in [1.807, 2.05) is 14.1 Å². The van der Waals surface area contributed by atoms with Crippen LogP contribution in [0.3, 0.4) is 0 Å². The number of hydrogen-bond acceptors (Lipinski definition) is 2. The normalized spacial score (nSPS) is 12.9. The Balaban J connectivity index is 4.05. The number of amides is 1. The quantitative estimate of drug-likeness (QED) is 0.646. The van der Waals surface area contributed by atoms with Crippen LogP contribution in [0.2, 0.25) is 0 Å². The second-order valence-corrected chi connectivity index (χ2v) is 5.08. The van der Waals surface area contributed by atoms with Crippen molar-refractivity contribution in [2.24, 2.45) is 5.92 Å². The molecule has 0 spiro atoms. The summed E-state index contributed by atoms with van der Waals surface area (Å²) in [5.74, 6) is 0.748. The van der Waals surface area contributed by atoms with Gasteiger partial charge in [-0.3, -0.25) is 4.79 Å². The van der Waals surface area contributed by atoms with Crippen LogP contribution in [-0.2, 0) is 4.79 Å². The Morgan fingerprint density at radius 3 is 2.31 bits per heavy atom. The molecule has 0 aromatic rings. The number of carbonyl (C=O) groups excluding carboxylic acids is 1. The lowest BCUT2D eigenvalue weighted by atomic mass is 10.0. The number of hydrogen-bond donors (Lipinski definition) is 1. The molecule has 3 heteroatoms. The Bertz CT molecular complexity index is 190. The summed E-state index contributed by atoms with van der Waals surface area (Å²) in [7, 11) is 3.65. The molecule has 0 aliphatic carbocycles. The molecule has 0 radical (unpaired) electrons. The van der Waals surface area contributed by atoms with Crippen molar-refractivity contribution in [3.63, 3.8) is 0 Å². The van der Waals surface area contributed by atoms with Crippen LogP contribution in [0.4, 0.5) is 0 Å². The van der Waals surface area contributed by atoms with Crippen molar-refractivity contribution in [1.29, 1.82) is 0 Å². The molecular formula is C13H28N2O. The lowest BCUT2D eigenvalue weighted by Gasteiger charge is -2.23. The highest BCUT2D eigenvalue weighted by molar-refractivity contribution is 5.81. The van der Waals surface area contributed by atoms with Gasteiger partial charge in [-0.25, -0.2) is 0 Å². The van der Waals surface area contributed by atoms with Crippen LogP contribution in [0.15, 0.2) is 0 Å². The van der Waals surface area contributed by atoms with Gasteiger partial charge in [0, 0.05) is 14.1 Å². The van der Waals surface area contributed by atoms with Crippen LogP contribution in [0.1, 0.15) is 46.5 Å². The Labute approximate surface area is 101 Å². The predicted molar refractivity (Wildman–Crippen MR) is 69.5 cm³/mol. The Hall–Kier alpha value is -0.570. The summed E-state index contributed by atoms with van der Waals surface area (Å²) in [6, 6.07) is -0.00754. The maximum atomic E-state index is 11.9. The maximum absolute atomic E-state index is 11.9. The fourth-order valence-electron chi connectivity index (χ4n) is 1.71. The van der Waals surface area contributed by atoms with E-state index in [1.54, 1.807) is 4.90 Å². The van der Waals surface area contributed by atoms with E-state index >= 15 is 0 Å². The molecule has 1 amide bonds. The molecule has 0 aliphatic heterocycles. The van der Waals surface area contributed by atoms with Crippen LogP contribution >= 0.6 is 0 Å². The molecule has 0 rings (SSSR count). The Morgan fingerprint density at radius 1 is 1.25 bits per heavy atom. The van der Waals surface area contributed by atoms with E-state index in [9.17, 15) is 4.79 Å². The summed E-state index contributed by atoms with van der Waals surface area (Å²) in [6.45, 7) is 7.45. The first-order valence-electron chi connectivity index (χ1n) is 6.43. The summed E-state index contributed by atoms with van der Waals surface area (Å²) < 4.78 is 0. The lowest BCUT2D eigenvalue weighted by molar-refractivity contribution is -0.131. The van der Waals surface area contributed by atoms with E-state index in [4.69, 9.17) is 0 Å². The minimum Gasteiger partial charge on any atom is -0.347 e. The molecule has 3 nitrogen and oxygen atoms in total. The van der Waals surface area contributed by atoms with Crippen LogP contribution < -0.4 is 5.32 Å². The molecule has 1 N–H and O–H groups in total. The van der Waals surface area contributed by atoms with Crippen LogP contribution in [0.25, 0.3) is 0 Å². The average molecular weight is 228 g/mol. The third kappa shape index (κ3) is 6.83. The van der Waals surface area contributed by atoms with Gasteiger partial charge in [0.2, 0.25) is 5.91 Å². The monoisotopic (exact) mass is 228 g/mol. The zero-order valence-electron chi connectivity index (χ0n) is 11.5. The first-order chi connectivity index (χ1) is 7.49. The van der Waals surface area contributed by atoms with Gasteiger partial charge >= 0.3 is 0 Å². The van der Waals surface area contributed by atoms with Gasteiger partial charge in [-0.1, -0.05) is 33.6 Å². The fraction of sp³-hybridized carbons (Fsp3) is 0.923. The van der Waals surface area contributed by atoms with Crippen molar-refractivity contribution in [3.05, 3.63) is 0 Å². The summed E-state index contributed by atoms with van der Waals surface area (Å²) in [5, 5.41) is 3.38. The minimum atomic E-state index is -0.00754. The van der Waals surface area contributed by atoms with Crippen molar-refractivity contribution < 1.29 is 4.79 Å². The summed E-state index contributed by atoms with van der Waals surface area (Å²) in [6.07, 6.45) is 4.53. The number of nitrogens with zero attached hydrogens (tertiary/aromatic N) is 1. The average Bonchev–Trinajstić information content (AvgIpc) is 2.20. The summed E-state index contributed by atoms with van der Waals surface area (Å²) in [4.78, 5) is 13.6. The van der Waals surface area contributed by atoms with Crippen molar-refractivity contribution in [3.8, 4) is 0 Å². The highest BCUT2D eigenvalue weighted by atomic mass is 16.2. The molecule has 0 aromatic carbocycles. The molecule has 1 atom stereocenters. The SMILES string of the molecule is CCCCCNC(CC(C)C)C(=O)N(C)C. The van der Waals surface area contributed by atoms with Gasteiger partial charge in [0.25, 0.3) is 0 Å². The number of likely N-dealkylation sites (N-methyl/N-ethyl adjacent to an activating group) is 1. The minimum absolute atomic E-state index is 0.00754. The molecule has 0 saturated heterocycles. The first kappa shape index (κ1) is 15.4. The molecule has 0 bridgehead atoms. The second kappa shape index (κ2) is 8.57. The second-order valence-electron chi connectivity index (χ2n) is 5.08. The molecule has 0 fully saturated rings. The van der Waals surface area contributed by atoms with Gasteiger partial charge in [-0.15, -0.1) is 0 Å². The van der Waals surface area contributed by atoms with E-state index in [0.717, 1.165) is 19.4 Å². The molecule has 0 saturated carbocycles. The number of rotatable bonds is 8. The van der Waals surface area contributed by atoms with Crippen molar-refractivity contribution in [2.45, 2.75) is 52.5 Å². The molecule has 96 valence electrons. The summed E-state index contributed by atoms with van der Waals surface area (Å²) in [5.41, 5.74) is 0. The topological polar surface area (TPSA) is 32.3 Å². The van der Waals surface area contributed by atoms with E-state index < -0.39 is 0 Å². The standard InChI is InChI=1S/C13H28N2O/c1-6-7-8-9-14-12(10-11(2)3)13(16)15(4)5/h11-12,14H,6-10H2,1-5H3. The molecule has 16 heavy (non-hydrogen) atoms. The zero-order valence-corrected chi connectivity index (χ0v) is 11.5. The third-order valence-corrected chi connectivity index (χ3v) is 2.62. The van der Waals surface area contributed by atoms with Gasteiger partial charge in [-0.05, 0) is 25.3 Å². The molecule has 1 unspecified atom stereocenters. The van der Waals surface area contributed by atoms with Crippen molar-refractivity contribution in [2.75, 3.05) is 20.6 Å². The fourth-order valence-corrected chi connectivity index (χ4v) is 1.71. The van der Waals surface area contributed by atoms with Crippen LogP contribution in [0.5, 0.6) is 0 Å². The smallest absolute Gasteiger partial charge is 0.239 e. The summed E-state index contributed by atoms with van der Waals surface area (Å²) >= 11 is 0. The van der Waals surface area contributed by atoms with Gasteiger partial charge in [0.15, 0.2) is 0 Å². The third-order valence-electron chi connectivity index (χ3n) is 2.62. The number of nitrogens with one attached hydrogen (secondary N) is 1. The number of unbranched alkanes of at least 4 members (excludes halogenated alkanes) is 2. The van der Waals surface area contributed by atoms with Crippen molar-refractivity contribution in [1.82, 2.24) is 10.2 Å². The number of carbonyl (C=O) groups is 1. The zero-order chi connectivity index (χ0) is 12.6. The van der Waals surface area contributed by atoms with E-state index in [1.165, 1.54) is 12.8 Å². The lowest BCUT2D eigenvalue weighted by Crippen LogP contribution is -2.44. The highest BCUT2D eigenvalue weighted by Gasteiger charge is 2.20. The van der Waals surface area contributed by atoms with E-state index in [2.05, 4.69) is 26.1 Å². The Kier molecular flexibility index (Phi) is 8.26. The molecule has 0 aromatic heterocycles. The van der Waals surface area contributed by atoms with Crippen LogP contribution in [0, 0.1) is 5.92 Å². The van der Waals surface area contributed by atoms with Gasteiger partial charge < -0.3 is 10.2 Å². The van der Waals surface area contributed by atoms with E-state index in [0.29, 0.717) is 5.92 Å². The van der Waals surface area contributed by atoms with Gasteiger partial charge in [0.05, 0.1) is 6.04 Å². The first-order valence-corrected chi connectivity index (χ1v) is 6.43. The van der Waals surface area contributed by atoms with E-state index in [-0.39, 0.29) is 11.9 Å². The highest BCUT2D eigenvalue weighted by Crippen LogP contribution is 2.07. The van der Waals surface area contributed by atoms with Gasteiger partial charge in [0.1, 0.15) is 0 Å². The Morgan fingerprint density at radius 2 is 1.88 bits per heavy atom. The maximum Gasteiger partial charge on any atom is 0.239 e. The predicted octanol–water partition coefficient (Wildman–Crippen LogP) is 2.27. The largest absolute Gasteiger partial charge is 0.347 e. The van der Waals surface area contributed by atoms with Crippen LogP contribution in [-0.4, -0.2) is 37.5 Å². The van der Waals surface area contributed by atoms with Crippen molar-refractivity contribution >= 4 is 5.91 Å². The molecule has 0 heterocycles. The molecular weight excluding hydrogens is 200 g/mol.